The first-order valence-electron chi connectivity index (χ1n) is 8.52. The first kappa shape index (κ1) is 19.6. The molecule has 1 amide bonds. The topological polar surface area (TPSA) is 120 Å². The first-order chi connectivity index (χ1) is 13.3. The van der Waals surface area contributed by atoms with E-state index in [1.807, 2.05) is 13.8 Å². The maximum absolute atomic E-state index is 12.7. The zero-order chi connectivity index (χ0) is 20.4. The molecule has 0 saturated heterocycles. The zero-order valence-electron chi connectivity index (χ0n) is 15.9. The SMILES string of the molecule is COc1ccc2nc(NC(=O)c3[nH]c(=O)c(CC(C)C)[n+]([O-])c3OC)sc2c1. The van der Waals surface area contributed by atoms with Crippen molar-refractivity contribution in [3.8, 4) is 11.6 Å². The molecular weight excluding hydrogens is 384 g/mol. The van der Waals surface area contributed by atoms with Crippen LogP contribution in [-0.2, 0) is 6.42 Å². The molecule has 0 bridgehead atoms. The fourth-order valence-electron chi connectivity index (χ4n) is 2.70. The third-order valence-electron chi connectivity index (χ3n) is 3.98. The minimum atomic E-state index is -0.694. The highest BCUT2D eigenvalue weighted by molar-refractivity contribution is 7.22. The quantitative estimate of drug-likeness (QED) is 0.479. The molecule has 0 saturated carbocycles. The van der Waals surface area contributed by atoms with Crippen molar-refractivity contribution in [1.82, 2.24) is 9.97 Å². The standard InChI is InChI=1S/C18H20N4O5S/c1-9(2)7-12-15(23)20-14(17(27-4)22(12)25)16(24)21-18-19-11-6-5-10(26-3)8-13(11)28-18/h5-6,8-9H,7H2,1-4H3,(H,20,23)(H,19,21,24). The van der Waals surface area contributed by atoms with Crippen LogP contribution in [0.1, 0.15) is 30.0 Å². The van der Waals surface area contributed by atoms with Crippen molar-refractivity contribution in [1.29, 1.82) is 0 Å². The largest absolute Gasteiger partial charge is 0.616 e. The Kier molecular flexibility index (Phi) is 5.50. The molecule has 2 heterocycles. The molecular formula is C18H20N4O5S. The second-order valence-electron chi connectivity index (χ2n) is 6.48. The molecule has 9 nitrogen and oxygen atoms in total. The van der Waals surface area contributed by atoms with Crippen molar-refractivity contribution < 1.29 is 19.0 Å². The highest BCUT2D eigenvalue weighted by Gasteiger charge is 2.28. The predicted octanol–water partition coefficient (Wildman–Crippen LogP) is 2.09. The molecule has 0 unspecified atom stereocenters. The summed E-state index contributed by atoms with van der Waals surface area (Å²) < 4.78 is 11.5. The summed E-state index contributed by atoms with van der Waals surface area (Å²) in [4.78, 5) is 31.7. The van der Waals surface area contributed by atoms with Crippen LogP contribution in [-0.4, -0.2) is 30.1 Å². The van der Waals surface area contributed by atoms with Gasteiger partial charge >= 0.3 is 11.4 Å². The monoisotopic (exact) mass is 404 g/mol. The van der Waals surface area contributed by atoms with E-state index in [-0.39, 0.29) is 29.6 Å². The number of fused-ring (bicyclic) bond motifs is 1. The number of ether oxygens (including phenoxy) is 2. The summed E-state index contributed by atoms with van der Waals surface area (Å²) in [6.07, 6.45) is 0.261. The lowest BCUT2D eigenvalue weighted by Gasteiger charge is -2.11. The van der Waals surface area contributed by atoms with Gasteiger partial charge in [0.15, 0.2) is 5.13 Å². The Labute approximate surface area is 164 Å². The number of aromatic nitrogens is 3. The van der Waals surface area contributed by atoms with Crippen LogP contribution in [0, 0.1) is 11.1 Å². The van der Waals surface area contributed by atoms with E-state index >= 15 is 0 Å². The summed E-state index contributed by atoms with van der Waals surface area (Å²) in [5.74, 6) is -0.199. The van der Waals surface area contributed by atoms with Gasteiger partial charge in [-0.15, -0.1) is 4.73 Å². The number of nitrogens with one attached hydrogen (secondary N) is 2. The third kappa shape index (κ3) is 3.77. The van der Waals surface area contributed by atoms with E-state index in [0.29, 0.717) is 21.1 Å². The molecule has 0 aliphatic heterocycles. The minimum absolute atomic E-state index is 0.00418. The van der Waals surface area contributed by atoms with Gasteiger partial charge in [0.1, 0.15) is 5.75 Å². The van der Waals surface area contributed by atoms with Crippen LogP contribution in [0.2, 0.25) is 0 Å². The Balaban J connectivity index is 1.95. The lowest BCUT2D eigenvalue weighted by Crippen LogP contribution is -2.44. The molecule has 0 aliphatic rings. The van der Waals surface area contributed by atoms with Gasteiger partial charge < -0.3 is 19.7 Å². The summed E-state index contributed by atoms with van der Waals surface area (Å²) in [5.41, 5.74) is -0.196. The lowest BCUT2D eigenvalue weighted by molar-refractivity contribution is -0.622. The van der Waals surface area contributed by atoms with Crippen LogP contribution in [0.15, 0.2) is 23.0 Å². The van der Waals surface area contributed by atoms with E-state index < -0.39 is 11.5 Å². The number of benzene rings is 1. The zero-order valence-corrected chi connectivity index (χ0v) is 16.7. The van der Waals surface area contributed by atoms with Gasteiger partial charge in [-0.2, -0.15) is 0 Å². The Morgan fingerprint density at radius 1 is 1.36 bits per heavy atom. The minimum Gasteiger partial charge on any atom is -0.616 e. The van der Waals surface area contributed by atoms with E-state index in [9.17, 15) is 14.8 Å². The van der Waals surface area contributed by atoms with Gasteiger partial charge in [-0.05, 0) is 24.1 Å². The van der Waals surface area contributed by atoms with Crippen molar-refractivity contribution >= 4 is 32.6 Å². The second-order valence-corrected chi connectivity index (χ2v) is 7.51. The summed E-state index contributed by atoms with van der Waals surface area (Å²) in [6, 6.07) is 5.34. The van der Waals surface area contributed by atoms with Crippen molar-refractivity contribution in [2.45, 2.75) is 20.3 Å². The lowest BCUT2D eigenvalue weighted by atomic mass is 10.1. The molecule has 0 aliphatic carbocycles. The number of rotatable bonds is 6. The van der Waals surface area contributed by atoms with Crippen LogP contribution in [0.5, 0.6) is 11.6 Å². The Morgan fingerprint density at radius 2 is 2.11 bits per heavy atom. The third-order valence-corrected chi connectivity index (χ3v) is 4.92. The van der Waals surface area contributed by atoms with Gasteiger partial charge in [0, 0.05) is 6.42 Å². The van der Waals surface area contributed by atoms with Gasteiger partial charge in [-0.25, -0.2) is 4.98 Å². The molecule has 148 valence electrons. The van der Waals surface area contributed by atoms with Crippen LogP contribution < -0.4 is 25.1 Å². The van der Waals surface area contributed by atoms with Gasteiger partial charge in [-0.3, -0.25) is 14.9 Å². The van der Waals surface area contributed by atoms with Crippen LogP contribution >= 0.6 is 11.3 Å². The molecule has 2 N–H and O–H groups in total. The molecule has 28 heavy (non-hydrogen) atoms. The van der Waals surface area contributed by atoms with Gasteiger partial charge in [0.25, 0.3) is 11.6 Å². The summed E-state index contributed by atoms with van der Waals surface area (Å²) in [7, 11) is 2.83. The van der Waals surface area contributed by atoms with Crippen LogP contribution in [0.3, 0.4) is 0 Å². The number of hydrogen-bond acceptors (Lipinski definition) is 7. The molecule has 3 rings (SSSR count). The van der Waals surface area contributed by atoms with Crippen LogP contribution in [0.4, 0.5) is 5.13 Å². The Bertz CT molecular complexity index is 1090. The number of hydrogen-bond donors (Lipinski definition) is 2. The molecule has 1 aromatic carbocycles. The fourth-order valence-corrected chi connectivity index (χ4v) is 3.59. The van der Waals surface area contributed by atoms with Gasteiger partial charge in [0.05, 0.1) is 24.4 Å². The number of carbonyl (C=O) groups excluding carboxylic acids is 1. The van der Waals surface area contributed by atoms with Crippen LogP contribution in [0.25, 0.3) is 10.2 Å². The number of aromatic amines is 1. The molecule has 3 aromatic rings. The van der Waals surface area contributed by atoms with E-state index in [1.165, 1.54) is 18.4 Å². The Morgan fingerprint density at radius 3 is 2.75 bits per heavy atom. The van der Waals surface area contributed by atoms with Crippen molar-refractivity contribution in [2.75, 3.05) is 19.5 Å². The number of anilines is 1. The van der Waals surface area contributed by atoms with Gasteiger partial charge in [-0.1, -0.05) is 25.2 Å². The maximum Gasteiger partial charge on any atom is 0.409 e. The van der Waals surface area contributed by atoms with E-state index in [4.69, 9.17) is 9.47 Å². The smallest absolute Gasteiger partial charge is 0.409 e. The average Bonchev–Trinajstić information content (AvgIpc) is 3.05. The number of H-pyrrole nitrogens is 1. The fraction of sp³-hybridized carbons (Fsp3) is 0.333. The first-order valence-corrected chi connectivity index (χ1v) is 9.34. The molecule has 2 aromatic heterocycles. The predicted molar refractivity (Wildman–Crippen MR) is 105 cm³/mol. The second kappa shape index (κ2) is 7.85. The Hall–Kier alpha value is -3.14. The molecule has 0 spiro atoms. The number of nitrogens with zero attached hydrogens (tertiary/aromatic N) is 2. The molecule has 10 heteroatoms. The highest BCUT2D eigenvalue weighted by Crippen LogP contribution is 2.29. The maximum atomic E-state index is 12.7. The normalized spacial score (nSPS) is 11.0. The average molecular weight is 404 g/mol. The summed E-state index contributed by atoms with van der Waals surface area (Å²) in [5, 5.41) is 15.4. The van der Waals surface area contributed by atoms with E-state index in [1.54, 1.807) is 25.3 Å². The van der Waals surface area contributed by atoms with Gasteiger partial charge in [0.2, 0.25) is 5.69 Å². The number of carbonyl (C=O) groups is 1. The number of methoxy groups -OCH3 is 2. The van der Waals surface area contributed by atoms with E-state index in [0.717, 1.165) is 4.70 Å². The number of thiazole rings is 1. The number of amides is 1. The molecule has 0 fully saturated rings. The van der Waals surface area contributed by atoms with Crippen molar-refractivity contribution in [3.63, 3.8) is 0 Å². The molecule has 0 radical (unpaired) electrons. The van der Waals surface area contributed by atoms with E-state index in [2.05, 4.69) is 15.3 Å². The summed E-state index contributed by atoms with van der Waals surface area (Å²) >= 11 is 1.24. The highest BCUT2D eigenvalue weighted by atomic mass is 32.1. The molecule has 0 atom stereocenters. The van der Waals surface area contributed by atoms with Crippen molar-refractivity contribution in [2.24, 2.45) is 5.92 Å². The summed E-state index contributed by atoms with van der Waals surface area (Å²) in [6.45, 7) is 3.77. The van der Waals surface area contributed by atoms with Crippen molar-refractivity contribution in [3.05, 3.63) is 45.1 Å².